The van der Waals surface area contributed by atoms with Gasteiger partial charge in [-0.3, -0.25) is 4.90 Å². The maximum absolute atomic E-state index is 12.5. The number of ether oxygens (including phenoxy) is 1. The van der Waals surface area contributed by atoms with Gasteiger partial charge in [0.1, 0.15) is 6.33 Å². The molecule has 2 aromatic carbocycles. The number of rotatable bonds is 10. The van der Waals surface area contributed by atoms with Crippen LogP contribution >= 0.6 is 0 Å². The Balaban J connectivity index is 1.26. The lowest BCUT2D eigenvalue weighted by atomic mass is 9.96. The van der Waals surface area contributed by atoms with Gasteiger partial charge in [0.2, 0.25) is 10.0 Å². The molecule has 1 aliphatic rings. The van der Waals surface area contributed by atoms with E-state index in [-0.39, 0.29) is 0 Å². The molecule has 1 atom stereocenters. The molecule has 3 heterocycles. The number of benzene rings is 2. The second-order valence-electron chi connectivity index (χ2n) is 10.1. The van der Waals surface area contributed by atoms with E-state index in [1.807, 2.05) is 36.4 Å². The molecule has 5 rings (SSSR count). The number of hydrogen-bond acceptors (Lipinski definition) is 7. The number of aryl methyl sites for hydroxylation is 1. The first-order chi connectivity index (χ1) is 18.8. The van der Waals surface area contributed by atoms with Crippen molar-refractivity contribution < 1.29 is 13.2 Å². The van der Waals surface area contributed by atoms with Gasteiger partial charge >= 0.3 is 0 Å². The maximum atomic E-state index is 12.5. The van der Waals surface area contributed by atoms with E-state index in [2.05, 4.69) is 43.1 Å². The van der Waals surface area contributed by atoms with Crippen molar-refractivity contribution in [3.05, 3.63) is 83.9 Å². The van der Waals surface area contributed by atoms with Crippen LogP contribution in [-0.2, 0) is 16.4 Å². The standard InChI is InChI=1S/C29H36N6O3S/c1-33(39(3,36)37)28(22-8-5-4-6-9-22)23-11-12-26-25(18-23)24(19-31-26)10-7-13-34-14-16-35(17-15-34)29-27(38-2)20-30-21-32-29/h4-6,8-9,11-12,18-21,28,31H,7,10,13-17H2,1-3H3. The van der Waals surface area contributed by atoms with Gasteiger partial charge in [-0.2, -0.15) is 4.31 Å². The Hall–Kier alpha value is -3.47. The highest BCUT2D eigenvalue weighted by Gasteiger charge is 2.26. The normalized spacial score (nSPS) is 15.6. The number of methoxy groups -OCH3 is 1. The molecule has 206 valence electrons. The van der Waals surface area contributed by atoms with Crippen molar-refractivity contribution >= 4 is 26.7 Å². The Labute approximate surface area is 230 Å². The number of piperazine rings is 1. The fraction of sp³-hybridized carbons (Fsp3) is 0.379. The first kappa shape index (κ1) is 27.1. The lowest BCUT2D eigenvalue weighted by Gasteiger charge is -2.35. The minimum Gasteiger partial charge on any atom is -0.491 e. The summed E-state index contributed by atoms with van der Waals surface area (Å²) in [5.41, 5.74) is 4.22. The van der Waals surface area contributed by atoms with Crippen molar-refractivity contribution in [1.29, 1.82) is 0 Å². The number of H-pyrrole nitrogens is 1. The molecule has 1 aliphatic heterocycles. The molecular formula is C29H36N6O3S. The average molecular weight is 549 g/mol. The predicted molar refractivity (Wildman–Crippen MR) is 155 cm³/mol. The number of nitrogens with zero attached hydrogens (tertiary/aromatic N) is 5. The molecular weight excluding hydrogens is 512 g/mol. The predicted octanol–water partition coefficient (Wildman–Crippen LogP) is 3.70. The maximum Gasteiger partial charge on any atom is 0.211 e. The van der Waals surface area contributed by atoms with Gasteiger partial charge in [0.05, 0.1) is 25.6 Å². The van der Waals surface area contributed by atoms with Crippen LogP contribution in [0.4, 0.5) is 5.82 Å². The summed E-state index contributed by atoms with van der Waals surface area (Å²) >= 11 is 0. The van der Waals surface area contributed by atoms with Crippen molar-refractivity contribution in [2.75, 3.05) is 58.0 Å². The highest BCUT2D eigenvalue weighted by molar-refractivity contribution is 7.88. The lowest BCUT2D eigenvalue weighted by Crippen LogP contribution is -2.47. The van der Waals surface area contributed by atoms with Crippen molar-refractivity contribution in [3.63, 3.8) is 0 Å². The Kier molecular flexibility index (Phi) is 8.15. The van der Waals surface area contributed by atoms with Crippen LogP contribution in [-0.4, -0.2) is 85.7 Å². The zero-order valence-corrected chi connectivity index (χ0v) is 23.6. The molecule has 0 aliphatic carbocycles. The van der Waals surface area contributed by atoms with Gasteiger partial charge in [-0.15, -0.1) is 0 Å². The average Bonchev–Trinajstić information content (AvgIpc) is 3.36. The zero-order valence-electron chi connectivity index (χ0n) is 22.7. The molecule has 1 unspecified atom stereocenters. The number of nitrogens with one attached hydrogen (secondary N) is 1. The van der Waals surface area contributed by atoms with E-state index in [1.165, 1.54) is 16.1 Å². The van der Waals surface area contributed by atoms with E-state index in [4.69, 9.17) is 4.74 Å². The van der Waals surface area contributed by atoms with Gasteiger partial charge < -0.3 is 14.6 Å². The Bertz CT molecular complexity index is 1500. The molecule has 0 bridgehead atoms. The Morgan fingerprint density at radius 2 is 1.85 bits per heavy atom. The molecule has 1 saturated heterocycles. The Morgan fingerprint density at radius 3 is 2.56 bits per heavy atom. The molecule has 0 radical (unpaired) electrons. The van der Waals surface area contributed by atoms with Crippen molar-refractivity contribution in [3.8, 4) is 5.75 Å². The van der Waals surface area contributed by atoms with Crippen molar-refractivity contribution in [1.82, 2.24) is 24.2 Å². The molecule has 39 heavy (non-hydrogen) atoms. The monoisotopic (exact) mass is 548 g/mol. The van der Waals surface area contributed by atoms with E-state index < -0.39 is 16.1 Å². The fourth-order valence-electron chi connectivity index (χ4n) is 5.38. The molecule has 0 spiro atoms. The number of anilines is 1. The minimum absolute atomic E-state index is 0.391. The van der Waals surface area contributed by atoms with Crippen LogP contribution in [0.1, 0.15) is 29.2 Å². The van der Waals surface area contributed by atoms with Gasteiger partial charge in [0.25, 0.3) is 0 Å². The van der Waals surface area contributed by atoms with Gasteiger partial charge in [-0.05, 0) is 48.2 Å². The SMILES string of the molecule is COc1cncnc1N1CCN(CCCc2c[nH]c3ccc(C(c4ccccc4)N(C)S(C)(=O)=O)cc23)CC1. The van der Waals surface area contributed by atoms with Gasteiger partial charge in [-0.1, -0.05) is 36.4 Å². The molecule has 1 N–H and O–H groups in total. The number of aromatic nitrogens is 3. The highest BCUT2D eigenvalue weighted by atomic mass is 32.2. The lowest BCUT2D eigenvalue weighted by molar-refractivity contribution is 0.253. The van der Waals surface area contributed by atoms with Crippen LogP contribution < -0.4 is 9.64 Å². The smallest absolute Gasteiger partial charge is 0.211 e. The van der Waals surface area contributed by atoms with Crippen LogP contribution in [0.2, 0.25) is 0 Å². The van der Waals surface area contributed by atoms with Crippen molar-refractivity contribution in [2.45, 2.75) is 18.9 Å². The molecule has 9 nitrogen and oxygen atoms in total. The van der Waals surface area contributed by atoms with Crippen molar-refractivity contribution in [2.24, 2.45) is 0 Å². The summed E-state index contributed by atoms with van der Waals surface area (Å²) in [6.07, 6.45) is 8.61. The van der Waals surface area contributed by atoms with Crippen LogP contribution in [0.15, 0.2) is 67.3 Å². The molecule has 0 saturated carbocycles. The third-order valence-corrected chi connectivity index (χ3v) is 8.84. The van der Waals surface area contributed by atoms with Crippen LogP contribution in [0, 0.1) is 0 Å². The molecule has 2 aromatic heterocycles. The second-order valence-corrected chi connectivity index (χ2v) is 12.1. The van der Waals surface area contributed by atoms with Gasteiger partial charge in [0.15, 0.2) is 11.6 Å². The van der Waals surface area contributed by atoms with Crippen LogP contribution in [0.25, 0.3) is 10.9 Å². The molecule has 1 fully saturated rings. The number of hydrogen-bond donors (Lipinski definition) is 1. The quantitative estimate of drug-likeness (QED) is 0.323. The van der Waals surface area contributed by atoms with Crippen LogP contribution in [0.5, 0.6) is 5.75 Å². The summed E-state index contributed by atoms with van der Waals surface area (Å²) in [6, 6.07) is 15.6. The number of aromatic amines is 1. The summed E-state index contributed by atoms with van der Waals surface area (Å²) in [5, 5.41) is 1.15. The summed E-state index contributed by atoms with van der Waals surface area (Å²) in [6.45, 7) is 4.77. The Morgan fingerprint density at radius 1 is 1.08 bits per heavy atom. The van der Waals surface area contributed by atoms with E-state index in [0.717, 1.165) is 73.4 Å². The van der Waals surface area contributed by atoms with Gasteiger partial charge in [-0.25, -0.2) is 18.4 Å². The topological polar surface area (TPSA) is 94.7 Å². The van der Waals surface area contributed by atoms with E-state index in [1.54, 1.807) is 26.7 Å². The van der Waals surface area contributed by atoms with Gasteiger partial charge in [0, 0.05) is 50.3 Å². The number of sulfonamides is 1. The number of fused-ring (bicyclic) bond motifs is 1. The van der Waals surface area contributed by atoms with E-state index in [9.17, 15) is 8.42 Å². The summed E-state index contributed by atoms with van der Waals surface area (Å²) in [5.74, 6) is 1.57. The summed E-state index contributed by atoms with van der Waals surface area (Å²) < 4.78 is 31.9. The van der Waals surface area contributed by atoms with Crippen LogP contribution in [0.3, 0.4) is 0 Å². The fourth-order valence-corrected chi connectivity index (χ4v) is 6.01. The second kappa shape index (κ2) is 11.7. The summed E-state index contributed by atoms with van der Waals surface area (Å²) in [4.78, 5) is 16.6. The first-order valence-electron chi connectivity index (χ1n) is 13.2. The van der Waals surface area contributed by atoms with E-state index in [0.29, 0.717) is 5.75 Å². The molecule has 0 amide bonds. The van der Waals surface area contributed by atoms with E-state index >= 15 is 0 Å². The first-order valence-corrected chi connectivity index (χ1v) is 15.1. The molecule has 10 heteroatoms. The zero-order chi connectivity index (χ0) is 27.4. The highest BCUT2D eigenvalue weighted by Crippen LogP contribution is 2.32. The third kappa shape index (κ3) is 6.08. The minimum atomic E-state index is -3.40. The summed E-state index contributed by atoms with van der Waals surface area (Å²) in [7, 11) is -0.0989. The largest absolute Gasteiger partial charge is 0.491 e. The third-order valence-electron chi connectivity index (χ3n) is 7.58. The molecule has 4 aromatic rings.